The van der Waals surface area contributed by atoms with Crippen molar-refractivity contribution in [2.45, 2.75) is 24.9 Å². The van der Waals surface area contributed by atoms with Crippen molar-refractivity contribution in [2.75, 3.05) is 25.5 Å². The number of anilines is 1. The Balaban J connectivity index is 1.65. The number of imide groups is 1. The van der Waals surface area contributed by atoms with Gasteiger partial charge in [0.1, 0.15) is 5.82 Å². The summed E-state index contributed by atoms with van der Waals surface area (Å²) < 4.78 is 1.94. The van der Waals surface area contributed by atoms with Crippen molar-refractivity contribution in [3.63, 3.8) is 0 Å². The molecule has 9 nitrogen and oxygen atoms in total. The summed E-state index contributed by atoms with van der Waals surface area (Å²) in [7, 11) is 3.93. The van der Waals surface area contributed by atoms with Gasteiger partial charge in [-0.15, -0.1) is 0 Å². The minimum atomic E-state index is -1.54. The number of fused-ring (bicyclic) bond motifs is 1. The Morgan fingerprint density at radius 2 is 1.89 bits per heavy atom. The minimum absolute atomic E-state index is 0.268. The van der Waals surface area contributed by atoms with E-state index in [0.29, 0.717) is 25.2 Å². The molecule has 4 rings (SSSR count). The molecule has 146 valence electrons. The third-order valence-corrected chi connectivity index (χ3v) is 5.33. The van der Waals surface area contributed by atoms with Gasteiger partial charge in [-0.1, -0.05) is 0 Å². The van der Waals surface area contributed by atoms with Gasteiger partial charge in [0.05, 0.1) is 12.2 Å². The summed E-state index contributed by atoms with van der Waals surface area (Å²) in [5, 5.41) is 0. The highest BCUT2D eigenvalue weighted by Crippen LogP contribution is 2.39. The van der Waals surface area contributed by atoms with Crippen LogP contribution in [0.3, 0.4) is 0 Å². The largest absolute Gasteiger partial charge is 0.367 e. The number of hydrogen-bond donors (Lipinski definition) is 1. The van der Waals surface area contributed by atoms with E-state index in [0.717, 1.165) is 16.4 Å². The first kappa shape index (κ1) is 18.2. The lowest BCUT2D eigenvalue weighted by Gasteiger charge is -2.23. The summed E-state index contributed by atoms with van der Waals surface area (Å²) in [4.78, 5) is 46.6. The average molecular weight is 382 g/mol. The third-order valence-electron chi connectivity index (χ3n) is 5.33. The van der Waals surface area contributed by atoms with E-state index < -0.39 is 23.4 Å². The molecule has 28 heavy (non-hydrogen) atoms. The molecule has 0 aliphatic carbocycles. The van der Waals surface area contributed by atoms with Gasteiger partial charge in [0.25, 0.3) is 11.8 Å². The van der Waals surface area contributed by atoms with E-state index in [2.05, 4.69) is 4.98 Å². The van der Waals surface area contributed by atoms with Gasteiger partial charge in [-0.05, 0) is 51.2 Å². The number of imidazole rings is 1. The van der Waals surface area contributed by atoms with Gasteiger partial charge in [0.15, 0.2) is 0 Å². The fraction of sp³-hybridized carbons (Fsp3) is 0.368. The Kier molecular flexibility index (Phi) is 4.19. The Labute approximate surface area is 162 Å². The maximum atomic E-state index is 13.0. The Hall–Kier alpha value is -3.20. The highest BCUT2D eigenvalue weighted by Gasteiger charge is 2.63. The molecule has 0 bridgehead atoms. The lowest BCUT2D eigenvalue weighted by atomic mass is 9.95. The number of carbonyl (C=O) groups excluding carboxylic acids is 3. The van der Waals surface area contributed by atoms with Crippen molar-refractivity contribution in [2.24, 2.45) is 5.73 Å². The predicted octanol–water partition coefficient (Wildman–Crippen LogP) is 0.720. The molecule has 2 saturated heterocycles. The Morgan fingerprint density at radius 1 is 1.21 bits per heavy atom. The van der Waals surface area contributed by atoms with Crippen LogP contribution in [0.2, 0.25) is 0 Å². The number of aromatic nitrogens is 2. The molecule has 2 fully saturated rings. The maximum absolute atomic E-state index is 13.0. The topological polar surface area (TPSA) is 105 Å². The first-order valence-corrected chi connectivity index (χ1v) is 9.09. The molecule has 0 radical (unpaired) electrons. The van der Waals surface area contributed by atoms with Crippen LogP contribution in [0.4, 0.5) is 10.5 Å². The smallest absolute Gasteiger partial charge is 0.332 e. The maximum Gasteiger partial charge on any atom is 0.332 e. The van der Waals surface area contributed by atoms with Gasteiger partial charge < -0.3 is 20.1 Å². The van der Waals surface area contributed by atoms with E-state index in [1.807, 2.05) is 41.9 Å². The van der Waals surface area contributed by atoms with Gasteiger partial charge in [0.2, 0.25) is 5.54 Å². The van der Waals surface area contributed by atoms with E-state index in [1.54, 1.807) is 18.3 Å². The van der Waals surface area contributed by atoms with Gasteiger partial charge in [-0.3, -0.25) is 9.59 Å². The second-order valence-electron chi connectivity index (χ2n) is 7.37. The van der Waals surface area contributed by atoms with Crippen molar-refractivity contribution in [1.29, 1.82) is 0 Å². The van der Waals surface area contributed by atoms with Crippen molar-refractivity contribution in [3.05, 3.63) is 42.5 Å². The summed E-state index contributed by atoms with van der Waals surface area (Å²) in [6.45, 7) is 1.03. The van der Waals surface area contributed by atoms with Crippen molar-refractivity contribution in [3.8, 4) is 5.69 Å². The van der Waals surface area contributed by atoms with E-state index in [1.165, 1.54) is 4.90 Å². The van der Waals surface area contributed by atoms with Gasteiger partial charge >= 0.3 is 6.03 Å². The summed E-state index contributed by atoms with van der Waals surface area (Å²) in [5.41, 5.74) is 5.26. The van der Waals surface area contributed by atoms with E-state index >= 15 is 0 Å². The second-order valence-corrected chi connectivity index (χ2v) is 7.37. The standard InChI is InChI=1S/C19H22N6O3/c1-22(2)12-15-21-9-11-23(15)13-4-6-14(7-5-13)25-17(27)19(16(20)26)8-3-10-24(19)18(25)28/h4-7,9,11H,3,8,10,12H2,1-2H3,(H2,20,26)/t19-/m0/s1. The zero-order chi connectivity index (χ0) is 20.1. The van der Waals surface area contributed by atoms with Gasteiger partial charge in [-0.25, -0.2) is 14.7 Å². The molecule has 2 aliphatic rings. The van der Waals surface area contributed by atoms with Crippen LogP contribution in [0, 0.1) is 0 Å². The number of amides is 4. The van der Waals surface area contributed by atoms with Crippen molar-refractivity contribution < 1.29 is 14.4 Å². The normalized spacial score (nSPS) is 21.7. The number of nitrogens with two attached hydrogens (primary N) is 1. The summed E-state index contributed by atoms with van der Waals surface area (Å²) in [6, 6.07) is 6.53. The average Bonchev–Trinajstić information content (AvgIpc) is 3.33. The van der Waals surface area contributed by atoms with Crippen LogP contribution in [-0.4, -0.2) is 63.4 Å². The lowest BCUT2D eigenvalue weighted by Crippen LogP contribution is -2.55. The van der Waals surface area contributed by atoms with Crippen molar-refractivity contribution in [1.82, 2.24) is 19.4 Å². The first-order chi connectivity index (χ1) is 13.4. The van der Waals surface area contributed by atoms with E-state index in [9.17, 15) is 14.4 Å². The monoisotopic (exact) mass is 382 g/mol. The number of benzene rings is 1. The molecular formula is C19H22N6O3. The SMILES string of the molecule is CN(C)Cc1nccn1-c1ccc(N2C(=O)N3CCC[C@]3(C(N)=O)C2=O)cc1. The first-order valence-electron chi connectivity index (χ1n) is 9.09. The zero-order valence-electron chi connectivity index (χ0n) is 15.8. The highest BCUT2D eigenvalue weighted by molar-refractivity contribution is 6.31. The molecule has 1 atom stereocenters. The predicted molar refractivity (Wildman–Crippen MR) is 102 cm³/mol. The molecule has 2 aromatic rings. The molecule has 4 amide bonds. The molecule has 9 heteroatoms. The lowest BCUT2D eigenvalue weighted by molar-refractivity contribution is -0.136. The van der Waals surface area contributed by atoms with Crippen LogP contribution >= 0.6 is 0 Å². The summed E-state index contributed by atoms with van der Waals surface area (Å²) in [6.07, 6.45) is 4.44. The van der Waals surface area contributed by atoms with Crippen LogP contribution in [0.1, 0.15) is 18.7 Å². The van der Waals surface area contributed by atoms with Crippen LogP contribution in [0.25, 0.3) is 5.69 Å². The van der Waals surface area contributed by atoms with Crippen LogP contribution in [0.5, 0.6) is 0 Å². The van der Waals surface area contributed by atoms with Crippen molar-refractivity contribution >= 4 is 23.5 Å². The number of nitrogens with zero attached hydrogens (tertiary/aromatic N) is 5. The number of urea groups is 1. The fourth-order valence-electron chi connectivity index (χ4n) is 4.01. The molecule has 0 unspecified atom stereocenters. The quantitative estimate of drug-likeness (QED) is 0.606. The van der Waals surface area contributed by atoms with E-state index in [4.69, 9.17) is 5.73 Å². The molecule has 0 spiro atoms. The molecule has 1 aromatic heterocycles. The number of hydrogen-bond acceptors (Lipinski definition) is 5. The molecule has 2 aliphatic heterocycles. The zero-order valence-corrected chi connectivity index (χ0v) is 15.8. The highest BCUT2D eigenvalue weighted by atomic mass is 16.2. The summed E-state index contributed by atoms with van der Waals surface area (Å²) >= 11 is 0. The Morgan fingerprint density at radius 3 is 2.50 bits per heavy atom. The Bertz CT molecular complexity index is 951. The minimum Gasteiger partial charge on any atom is -0.367 e. The van der Waals surface area contributed by atoms with Gasteiger partial charge in [0, 0.05) is 24.6 Å². The third kappa shape index (κ3) is 2.50. The molecule has 3 heterocycles. The number of primary amides is 1. The number of rotatable bonds is 5. The summed E-state index contributed by atoms with van der Waals surface area (Å²) in [5.74, 6) is -0.459. The van der Waals surface area contributed by atoms with E-state index in [-0.39, 0.29) is 6.42 Å². The molecule has 0 saturated carbocycles. The fourth-order valence-corrected chi connectivity index (χ4v) is 4.01. The molecular weight excluding hydrogens is 360 g/mol. The molecule has 2 N–H and O–H groups in total. The second kappa shape index (κ2) is 6.45. The van der Waals surface area contributed by atoms with Crippen LogP contribution in [-0.2, 0) is 16.1 Å². The molecule has 1 aromatic carbocycles. The van der Waals surface area contributed by atoms with Crippen LogP contribution < -0.4 is 10.6 Å². The van der Waals surface area contributed by atoms with Gasteiger partial charge in [-0.2, -0.15) is 0 Å². The number of carbonyl (C=O) groups is 3. The van der Waals surface area contributed by atoms with Crippen LogP contribution in [0.15, 0.2) is 36.7 Å².